The number of nitrogens with two attached hydrogens (primary N) is 1. The van der Waals surface area contributed by atoms with Gasteiger partial charge in [-0.05, 0) is 35.3 Å². The van der Waals surface area contributed by atoms with Crippen LogP contribution < -0.4 is 5.73 Å². The van der Waals surface area contributed by atoms with E-state index < -0.39 is 0 Å². The SMILES string of the molecule is CCCc1cccc(C(N)C2CC2(C)C)c1. The highest BCUT2D eigenvalue weighted by Crippen LogP contribution is 2.56. The molecule has 1 aromatic carbocycles. The Kier molecular flexibility index (Phi) is 3.07. The average Bonchev–Trinajstić information content (AvgIpc) is 2.88. The summed E-state index contributed by atoms with van der Waals surface area (Å²) in [4.78, 5) is 0. The summed E-state index contributed by atoms with van der Waals surface area (Å²) in [7, 11) is 0. The van der Waals surface area contributed by atoms with Crippen LogP contribution in [0, 0.1) is 11.3 Å². The highest BCUT2D eigenvalue weighted by atomic mass is 14.7. The van der Waals surface area contributed by atoms with Gasteiger partial charge >= 0.3 is 0 Å². The second-order valence-corrected chi connectivity index (χ2v) is 5.82. The predicted molar refractivity (Wildman–Crippen MR) is 69.3 cm³/mol. The average molecular weight is 217 g/mol. The first-order valence-corrected chi connectivity index (χ1v) is 6.39. The van der Waals surface area contributed by atoms with Gasteiger partial charge in [-0.1, -0.05) is 51.5 Å². The maximum absolute atomic E-state index is 6.34. The first-order chi connectivity index (χ1) is 7.54. The maximum atomic E-state index is 6.34. The van der Waals surface area contributed by atoms with Gasteiger partial charge < -0.3 is 5.73 Å². The summed E-state index contributed by atoms with van der Waals surface area (Å²) in [5, 5.41) is 0. The summed E-state index contributed by atoms with van der Waals surface area (Å²) in [6.45, 7) is 6.84. The second-order valence-electron chi connectivity index (χ2n) is 5.82. The minimum Gasteiger partial charge on any atom is -0.324 e. The Morgan fingerprint density at radius 1 is 1.44 bits per heavy atom. The van der Waals surface area contributed by atoms with Crippen molar-refractivity contribution < 1.29 is 0 Å². The lowest BCUT2D eigenvalue weighted by atomic mass is 9.96. The molecule has 1 aliphatic carbocycles. The third-order valence-corrected chi connectivity index (χ3v) is 3.90. The van der Waals surface area contributed by atoms with Crippen LogP contribution in [0.5, 0.6) is 0 Å². The Hall–Kier alpha value is -0.820. The molecule has 0 spiro atoms. The lowest BCUT2D eigenvalue weighted by Gasteiger charge is -2.15. The molecule has 0 radical (unpaired) electrons. The van der Waals surface area contributed by atoms with Crippen molar-refractivity contribution in [3.8, 4) is 0 Å². The largest absolute Gasteiger partial charge is 0.324 e. The zero-order valence-electron chi connectivity index (χ0n) is 10.7. The fourth-order valence-electron chi connectivity index (χ4n) is 2.60. The molecule has 1 aliphatic rings. The molecule has 0 amide bonds. The Bertz CT molecular complexity index is 367. The van der Waals surface area contributed by atoms with Gasteiger partial charge in [-0.25, -0.2) is 0 Å². The van der Waals surface area contributed by atoms with E-state index in [0.29, 0.717) is 11.3 Å². The standard InChI is InChI=1S/C15H23N/c1-4-6-11-7-5-8-12(9-11)14(16)13-10-15(13,2)3/h5,7-9,13-14H,4,6,10,16H2,1-3H3. The van der Waals surface area contributed by atoms with Crippen LogP contribution in [0.15, 0.2) is 24.3 Å². The molecule has 0 saturated heterocycles. The molecule has 1 fully saturated rings. The number of aryl methyl sites for hydroxylation is 1. The molecule has 1 nitrogen and oxygen atoms in total. The van der Waals surface area contributed by atoms with Gasteiger partial charge in [0, 0.05) is 6.04 Å². The molecule has 2 unspecified atom stereocenters. The maximum Gasteiger partial charge on any atom is 0.0328 e. The van der Waals surface area contributed by atoms with Crippen molar-refractivity contribution in [2.45, 2.75) is 46.1 Å². The van der Waals surface area contributed by atoms with E-state index >= 15 is 0 Å². The van der Waals surface area contributed by atoms with Gasteiger partial charge in [0.15, 0.2) is 0 Å². The van der Waals surface area contributed by atoms with Crippen molar-refractivity contribution in [3.63, 3.8) is 0 Å². The van der Waals surface area contributed by atoms with Crippen LogP contribution in [0.25, 0.3) is 0 Å². The van der Waals surface area contributed by atoms with Crippen molar-refractivity contribution in [2.24, 2.45) is 17.1 Å². The summed E-state index contributed by atoms with van der Waals surface area (Å²) in [6, 6.07) is 9.06. The molecule has 0 bridgehead atoms. The minimum atomic E-state index is 0.229. The number of hydrogen-bond donors (Lipinski definition) is 1. The molecule has 2 rings (SSSR count). The summed E-state index contributed by atoms with van der Waals surface area (Å²) >= 11 is 0. The molecule has 1 saturated carbocycles. The van der Waals surface area contributed by atoms with Crippen molar-refractivity contribution in [1.82, 2.24) is 0 Å². The van der Waals surface area contributed by atoms with Crippen LogP contribution in [0.1, 0.15) is 50.8 Å². The molecular weight excluding hydrogens is 194 g/mol. The van der Waals surface area contributed by atoms with Crippen molar-refractivity contribution >= 4 is 0 Å². The van der Waals surface area contributed by atoms with E-state index in [1.165, 1.54) is 24.0 Å². The lowest BCUT2D eigenvalue weighted by Crippen LogP contribution is -2.15. The van der Waals surface area contributed by atoms with E-state index in [4.69, 9.17) is 5.73 Å². The normalized spacial score (nSPS) is 24.1. The van der Waals surface area contributed by atoms with E-state index in [2.05, 4.69) is 45.0 Å². The summed E-state index contributed by atoms with van der Waals surface area (Å²) in [5.41, 5.74) is 9.55. The van der Waals surface area contributed by atoms with Crippen LogP contribution in [-0.2, 0) is 6.42 Å². The first-order valence-electron chi connectivity index (χ1n) is 6.39. The van der Waals surface area contributed by atoms with E-state index in [1.54, 1.807) is 0 Å². The Balaban J connectivity index is 2.11. The zero-order valence-corrected chi connectivity index (χ0v) is 10.7. The van der Waals surface area contributed by atoms with E-state index in [9.17, 15) is 0 Å². The highest BCUT2D eigenvalue weighted by molar-refractivity contribution is 5.28. The monoisotopic (exact) mass is 217 g/mol. The summed E-state index contributed by atoms with van der Waals surface area (Å²) in [6.07, 6.45) is 3.63. The molecule has 1 heteroatoms. The van der Waals surface area contributed by atoms with Crippen LogP contribution in [0.4, 0.5) is 0 Å². The van der Waals surface area contributed by atoms with Gasteiger partial charge in [-0.3, -0.25) is 0 Å². The van der Waals surface area contributed by atoms with Gasteiger partial charge in [0.25, 0.3) is 0 Å². The highest BCUT2D eigenvalue weighted by Gasteiger charge is 2.49. The molecule has 0 heterocycles. The molecule has 0 aliphatic heterocycles. The van der Waals surface area contributed by atoms with Crippen molar-refractivity contribution in [2.75, 3.05) is 0 Å². The topological polar surface area (TPSA) is 26.0 Å². The third kappa shape index (κ3) is 2.30. The van der Waals surface area contributed by atoms with Crippen LogP contribution in [0.3, 0.4) is 0 Å². The van der Waals surface area contributed by atoms with Crippen LogP contribution in [-0.4, -0.2) is 0 Å². The van der Waals surface area contributed by atoms with E-state index in [0.717, 1.165) is 6.42 Å². The first kappa shape index (κ1) is 11.7. The fraction of sp³-hybridized carbons (Fsp3) is 0.600. The molecule has 16 heavy (non-hydrogen) atoms. The van der Waals surface area contributed by atoms with E-state index in [1.807, 2.05) is 0 Å². The molecular formula is C15H23N. The smallest absolute Gasteiger partial charge is 0.0328 e. The second kappa shape index (κ2) is 4.21. The third-order valence-electron chi connectivity index (χ3n) is 3.90. The molecule has 2 N–H and O–H groups in total. The molecule has 2 atom stereocenters. The summed E-state index contributed by atoms with van der Waals surface area (Å²) < 4.78 is 0. The molecule has 88 valence electrons. The Morgan fingerprint density at radius 3 is 2.69 bits per heavy atom. The number of benzene rings is 1. The van der Waals surface area contributed by atoms with Gasteiger partial charge in [-0.2, -0.15) is 0 Å². The number of rotatable bonds is 4. The number of hydrogen-bond acceptors (Lipinski definition) is 1. The van der Waals surface area contributed by atoms with Gasteiger partial charge in [-0.15, -0.1) is 0 Å². The van der Waals surface area contributed by atoms with E-state index in [-0.39, 0.29) is 6.04 Å². The van der Waals surface area contributed by atoms with Crippen LogP contribution in [0.2, 0.25) is 0 Å². The van der Waals surface area contributed by atoms with Crippen molar-refractivity contribution in [3.05, 3.63) is 35.4 Å². The zero-order chi connectivity index (χ0) is 11.8. The van der Waals surface area contributed by atoms with Gasteiger partial charge in [0.2, 0.25) is 0 Å². The minimum absolute atomic E-state index is 0.229. The lowest BCUT2D eigenvalue weighted by molar-refractivity contribution is 0.491. The molecule has 0 aromatic heterocycles. The Morgan fingerprint density at radius 2 is 2.12 bits per heavy atom. The quantitative estimate of drug-likeness (QED) is 0.818. The van der Waals surface area contributed by atoms with Crippen LogP contribution >= 0.6 is 0 Å². The fourth-order valence-corrected chi connectivity index (χ4v) is 2.60. The Labute approximate surface area is 99.0 Å². The summed E-state index contributed by atoms with van der Waals surface area (Å²) in [5.74, 6) is 0.671. The molecule has 1 aromatic rings. The van der Waals surface area contributed by atoms with Gasteiger partial charge in [0.05, 0.1) is 0 Å². The van der Waals surface area contributed by atoms with Crippen molar-refractivity contribution in [1.29, 1.82) is 0 Å². The predicted octanol–water partition coefficient (Wildman–Crippen LogP) is 3.69. The van der Waals surface area contributed by atoms with Gasteiger partial charge in [0.1, 0.15) is 0 Å².